The van der Waals surface area contributed by atoms with Crippen LogP contribution in [0.3, 0.4) is 0 Å². The van der Waals surface area contributed by atoms with E-state index in [0.29, 0.717) is 16.5 Å². The Balaban J connectivity index is 2.44. The fourth-order valence-electron chi connectivity index (χ4n) is 1.77. The van der Waals surface area contributed by atoms with E-state index in [1.54, 1.807) is 18.2 Å². The number of carbonyl (C=O) groups excluding carboxylic acids is 1. The van der Waals surface area contributed by atoms with Gasteiger partial charge in [0.15, 0.2) is 0 Å². The van der Waals surface area contributed by atoms with Crippen molar-refractivity contribution in [1.29, 1.82) is 0 Å². The molecule has 0 aromatic heterocycles. The van der Waals surface area contributed by atoms with Crippen LogP contribution in [0.25, 0.3) is 0 Å². The van der Waals surface area contributed by atoms with Gasteiger partial charge in [0.25, 0.3) is 5.91 Å². The zero-order valence-electron chi connectivity index (χ0n) is 11.1. The van der Waals surface area contributed by atoms with Crippen LogP contribution in [0.15, 0.2) is 30.3 Å². The highest BCUT2D eigenvalue weighted by atomic mass is 35.5. The minimum Gasteiger partial charge on any atom is -0.497 e. The van der Waals surface area contributed by atoms with Gasteiger partial charge in [-0.05, 0) is 24.3 Å². The largest absolute Gasteiger partial charge is 0.497 e. The normalized spacial score (nSPS) is 10.2. The molecule has 0 atom stereocenters. The number of nitrogen functional groups attached to an aromatic ring is 1. The van der Waals surface area contributed by atoms with Gasteiger partial charge in [-0.2, -0.15) is 0 Å². The lowest BCUT2D eigenvalue weighted by Crippen LogP contribution is -2.14. The van der Waals surface area contributed by atoms with Gasteiger partial charge in [-0.25, -0.2) is 4.39 Å². The number of rotatable bonds is 4. The molecule has 7 heteroatoms. The predicted octanol–water partition coefficient (Wildman–Crippen LogP) is 2.91. The first-order chi connectivity index (χ1) is 9.92. The first kappa shape index (κ1) is 14.9. The molecule has 1 amide bonds. The van der Waals surface area contributed by atoms with E-state index in [9.17, 15) is 9.18 Å². The Bertz CT molecular complexity index is 707. The Morgan fingerprint density at radius 1 is 1.29 bits per heavy atom. The molecule has 0 fully saturated rings. The molecule has 2 aromatic carbocycles. The average Bonchev–Trinajstić information content (AvgIpc) is 2.43. The van der Waals surface area contributed by atoms with Crippen LogP contribution in [0.5, 0.6) is 5.75 Å². The summed E-state index contributed by atoms with van der Waals surface area (Å²) in [7, 11) is 1.50. The lowest BCUT2D eigenvalue weighted by Gasteiger charge is -2.13. The minimum atomic E-state index is -0.743. The lowest BCUT2D eigenvalue weighted by molar-refractivity contribution is 0.100. The van der Waals surface area contributed by atoms with Crippen molar-refractivity contribution in [3.63, 3.8) is 0 Å². The van der Waals surface area contributed by atoms with Gasteiger partial charge in [0.1, 0.15) is 11.6 Å². The summed E-state index contributed by atoms with van der Waals surface area (Å²) in [5.41, 5.74) is 11.2. The Hall–Kier alpha value is -2.47. The third-order valence-electron chi connectivity index (χ3n) is 2.85. The Labute approximate surface area is 125 Å². The molecule has 0 saturated carbocycles. The summed E-state index contributed by atoms with van der Waals surface area (Å²) in [6.07, 6.45) is 0. The number of methoxy groups -OCH3 is 1. The molecule has 0 saturated heterocycles. The number of amides is 1. The number of hydrogen-bond donors (Lipinski definition) is 3. The molecule has 21 heavy (non-hydrogen) atoms. The summed E-state index contributed by atoms with van der Waals surface area (Å²) in [6.45, 7) is 0. The second-order valence-corrected chi connectivity index (χ2v) is 4.66. The lowest BCUT2D eigenvalue weighted by atomic mass is 10.1. The topological polar surface area (TPSA) is 90.4 Å². The van der Waals surface area contributed by atoms with Gasteiger partial charge in [0.2, 0.25) is 0 Å². The summed E-state index contributed by atoms with van der Waals surface area (Å²) in [5.74, 6) is -0.823. The molecule has 0 aliphatic rings. The molecule has 0 radical (unpaired) electrons. The molecule has 2 rings (SSSR count). The standard InChI is InChI=1S/C14H13ClFN3O2/c1-21-7-2-3-9(15)12(4-7)19-13-5-8(14(18)20)11(17)6-10(13)16/h2-6,19H,17H2,1H3,(H2,18,20). The average molecular weight is 310 g/mol. The Kier molecular flexibility index (Phi) is 4.18. The van der Waals surface area contributed by atoms with Gasteiger partial charge < -0.3 is 21.5 Å². The molecular formula is C14H13ClFN3O2. The first-order valence-electron chi connectivity index (χ1n) is 5.91. The number of ether oxygens (including phenoxy) is 1. The Morgan fingerprint density at radius 2 is 2.00 bits per heavy atom. The van der Waals surface area contributed by atoms with Crippen LogP contribution in [0.1, 0.15) is 10.4 Å². The number of anilines is 3. The molecular weight excluding hydrogens is 297 g/mol. The van der Waals surface area contributed by atoms with Crippen molar-refractivity contribution >= 4 is 34.6 Å². The maximum atomic E-state index is 13.9. The van der Waals surface area contributed by atoms with E-state index in [-0.39, 0.29) is 16.9 Å². The van der Waals surface area contributed by atoms with Gasteiger partial charge in [0.05, 0.1) is 29.1 Å². The number of benzene rings is 2. The zero-order chi connectivity index (χ0) is 15.6. The Morgan fingerprint density at radius 3 is 2.62 bits per heavy atom. The van der Waals surface area contributed by atoms with E-state index >= 15 is 0 Å². The van der Waals surface area contributed by atoms with E-state index in [0.717, 1.165) is 6.07 Å². The van der Waals surface area contributed by atoms with Crippen molar-refractivity contribution in [2.75, 3.05) is 18.2 Å². The molecule has 0 spiro atoms. The van der Waals surface area contributed by atoms with Gasteiger partial charge in [-0.1, -0.05) is 11.6 Å². The van der Waals surface area contributed by atoms with Crippen LogP contribution < -0.4 is 21.5 Å². The van der Waals surface area contributed by atoms with Gasteiger partial charge in [-0.15, -0.1) is 0 Å². The van der Waals surface area contributed by atoms with Crippen molar-refractivity contribution < 1.29 is 13.9 Å². The third-order valence-corrected chi connectivity index (χ3v) is 3.18. The summed E-state index contributed by atoms with van der Waals surface area (Å²) in [4.78, 5) is 11.3. The fourth-order valence-corrected chi connectivity index (χ4v) is 1.93. The highest BCUT2D eigenvalue weighted by Crippen LogP contribution is 2.31. The summed E-state index contributed by atoms with van der Waals surface area (Å²) in [6, 6.07) is 7.13. The quantitative estimate of drug-likeness (QED) is 0.757. The third kappa shape index (κ3) is 3.17. The molecule has 5 nitrogen and oxygen atoms in total. The van der Waals surface area contributed by atoms with Crippen LogP contribution in [0.2, 0.25) is 5.02 Å². The summed E-state index contributed by atoms with van der Waals surface area (Å²) >= 11 is 6.03. The molecule has 0 aliphatic carbocycles. The number of primary amides is 1. The van der Waals surface area contributed by atoms with Crippen molar-refractivity contribution in [2.45, 2.75) is 0 Å². The molecule has 5 N–H and O–H groups in total. The first-order valence-corrected chi connectivity index (χ1v) is 6.29. The van der Waals surface area contributed by atoms with E-state index < -0.39 is 11.7 Å². The van der Waals surface area contributed by atoms with Crippen molar-refractivity contribution in [3.05, 3.63) is 46.7 Å². The van der Waals surface area contributed by atoms with E-state index in [2.05, 4.69) is 5.32 Å². The maximum Gasteiger partial charge on any atom is 0.250 e. The summed E-state index contributed by atoms with van der Waals surface area (Å²) in [5, 5.41) is 3.16. The fraction of sp³-hybridized carbons (Fsp3) is 0.0714. The van der Waals surface area contributed by atoms with E-state index in [1.165, 1.54) is 13.2 Å². The monoisotopic (exact) mass is 309 g/mol. The number of halogens is 2. The molecule has 0 heterocycles. The number of nitrogens with two attached hydrogens (primary N) is 2. The molecule has 2 aromatic rings. The van der Waals surface area contributed by atoms with Gasteiger partial charge in [-0.3, -0.25) is 4.79 Å². The highest BCUT2D eigenvalue weighted by Gasteiger charge is 2.13. The molecule has 0 unspecified atom stereocenters. The second-order valence-electron chi connectivity index (χ2n) is 4.25. The van der Waals surface area contributed by atoms with E-state index in [1.807, 2.05) is 0 Å². The van der Waals surface area contributed by atoms with Crippen LogP contribution in [-0.4, -0.2) is 13.0 Å². The van der Waals surface area contributed by atoms with Crippen molar-refractivity contribution in [1.82, 2.24) is 0 Å². The van der Waals surface area contributed by atoms with Crippen LogP contribution >= 0.6 is 11.6 Å². The minimum absolute atomic E-state index is 0.0257. The molecule has 110 valence electrons. The van der Waals surface area contributed by atoms with E-state index in [4.69, 9.17) is 27.8 Å². The maximum absolute atomic E-state index is 13.9. The highest BCUT2D eigenvalue weighted by molar-refractivity contribution is 6.33. The number of hydrogen-bond acceptors (Lipinski definition) is 4. The zero-order valence-corrected chi connectivity index (χ0v) is 11.9. The molecule has 0 aliphatic heterocycles. The number of nitrogens with one attached hydrogen (secondary N) is 1. The van der Waals surface area contributed by atoms with Crippen molar-refractivity contribution in [3.8, 4) is 5.75 Å². The number of carbonyl (C=O) groups is 1. The predicted molar refractivity (Wildman–Crippen MR) is 80.6 cm³/mol. The van der Waals surface area contributed by atoms with Crippen molar-refractivity contribution in [2.24, 2.45) is 5.73 Å². The SMILES string of the molecule is COc1ccc(Cl)c(Nc2cc(C(N)=O)c(N)cc2F)c1. The van der Waals surface area contributed by atoms with Crippen LogP contribution in [-0.2, 0) is 0 Å². The smallest absolute Gasteiger partial charge is 0.250 e. The summed E-state index contributed by atoms with van der Waals surface area (Å²) < 4.78 is 19.0. The van der Waals surface area contributed by atoms with Gasteiger partial charge >= 0.3 is 0 Å². The van der Waals surface area contributed by atoms with Crippen LogP contribution in [0.4, 0.5) is 21.5 Å². The van der Waals surface area contributed by atoms with Crippen LogP contribution in [0, 0.1) is 5.82 Å². The second kappa shape index (κ2) is 5.88. The molecule has 0 bridgehead atoms. The van der Waals surface area contributed by atoms with Gasteiger partial charge in [0, 0.05) is 11.8 Å².